The molecule has 1 unspecified atom stereocenters. The summed E-state index contributed by atoms with van der Waals surface area (Å²) in [5, 5.41) is 2.95. The summed E-state index contributed by atoms with van der Waals surface area (Å²) in [4.78, 5) is 13.7. The van der Waals surface area contributed by atoms with Crippen LogP contribution in [0.3, 0.4) is 0 Å². The highest BCUT2D eigenvalue weighted by atomic mass is 16.5. The molecule has 0 saturated heterocycles. The predicted molar refractivity (Wildman–Crippen MR) is 103 cm³/mol. The number of rotatable bonds is 8. The normalized spacial score (nSPS) is 16.1. The van der Waals surface area contributed by atoms with E-state index in [4.69, 9.17) is 4.74 Å². The standard InChI is InChI=1S/C22H28N2O2/c1-2-26-15-5-13-23-22(25)20-10-8-18(9-11-20)16-24-14-12-19-6-3-4-7-21(19)17-24/h3-4,6-11H,2,5,12-17H2,1H3,(H,23,25)/p+1. The molecular weight excluding hydrogens is 324 g/mol. The van der Waals surface area contributed by atoms with Gasteiger partial charge >= 0.3 is 0 Å². The molecule has 1 heterocycles. The van der Waals surface area contributed by atoms with E-state index in [1.807, 2.05) is 19.1 Å². The van der Waals surface area contributed by atoms with Gasteiger partial charge in [-0.3, -0.25) is 4.79 Å². The largest absolute Gasteiger partial charge is 0.382 e. The molecule has 1 aliphatic heterocycles. The second-order valence-corrected chi connectivity index (χ2v) is 6.88. The van der Waals surface area contributed by atoms with Crippen molar-refractivity contribution in [1.29, 1.82) is 0 Å². The zero-order valence-corrected chi connectivity index (χ0v) is 15.6. The molecule has 2 N–H and O–H groups in total. The maximum Gasteiger partial charge on any atom is 0.251 e. The first-order valence-corrected chi connectivity index (χ1v) is 9.61. The first kappa shape index (κ1) is 18.6. The summed E-state index contributed by atoms with van der Waals surface area (Å²) in [5.41, 5.74) is 4.97. The Hall–Kier alpha value is -2.17. The molecule has 4 nitrogen and oxygen atoms in total. The minimum absolute atomic E-state index is 0.00713. The molecule has 1 atom stereocenters. The number of carbonyl (C=O) groups excluding carboxylic acids is 1. The van der Waals surface area contributed by atoms with Crippen molar-refractivity contribution in [3.05, 3.63) is 70.8 Å². The van der Waals surface area contributed by atoms with Crippen LogP contribution < -0.4 is 10.2 Å². The summed E-state index contributed by atoms with van der Waals surface area (Å²) in [6.45, 7) is 7.29. The topological polar surface area (TPSA) is 42.8 Å². The minimum Gasteiger partial charge on any atom is -0.382 e. The molecule has 138 valence electrons. The van der Waals surface area contributed by atoms with E-state index in [0.717, 1.165) is 38.1 Å². The van der Waals surface area contributed by atoms with Gasteiger partial charge in [-0.25, -0.2) is 0 Å². The fraction of sp³-hybridized carbons (Fsp3) is 0.409. The summed E-state index contributed by atoms with van der Waals surface area (Å²) in [5.74, 6) is -0.00713. The molecule has 0 radical (unpaired) electrons. The van der Waals surface area contributed by atoms with Gasteiger partial charge in [0, 0.05) is 42.9 Å². The number of ether oxygens (including phenoxy) is 1. The highest BCUT2D eigenvalue weighted by Gasteiger charge is 2.19. The molecule has 0 spiro atoms. The highest BCUT2D eigenvalue weighted by molar-refractivity contribution is 5.94. The van der Waals surface area contributed by atoms with Crippen molar-refractivity contribution < 1.29 is 14.4 Å². The fourth-order valence-electron chi connectivity index (χ4n) is 3.48. The lowest BCUT2D eigenvalue weighted by molar-refractivity contribution is -0.929. The quantitative estimate of drug-likeness (QED) is 0.713. The number of hydrogen-bond donors (Lipinski definition) is 2. The third-order valence-electron chi connectivity index (χ3n) is 4.93. The van der Waals surface area contributed by atoms with Gasteiger partial charge < -0.3 is 15.0 Å². The first-order valence-electron chi connectivity index (χ1n) is 9.61. The number of nitrogens with one attached hydrogen (secondary N) is 2. The van der Waals surface area contributed by atoms with E-state index in [0.29, 0.717) is 13.2 Å². The summed E-state index contributed by atoms with van der Waals surface area (Å²) in [6, 6.07) is 16.8. The van der Waals surface area contributed by atoms with Gasteiger partial charge in [-0.15, -0.1) is 0 Å². The van der Waals surface area contributed by atoms with Crippen molar-refractivity contribution in [2.24, 2.45) is 0 Å². The van der Waals surface area contributed by atoms with Crippen molar-refractivity contribution in [2.45, 2.75) is 32.9 Å². The molecule has 2 aromatic carbocycles. The Labute approximate surface area is 156 Å². The fourth-order valence-corrected chi connectivity index (χ4v) is 3.48. The Bertz CT molecular complexity index is 712. The van der Waals surface area contributed by atoms with Crippen LogP contribution in [0, 0.1) is 0 Å². The summed E-state index contributed by atoms with van der Waals surface area (Å²) in [7, 11) is 0. The molecule has 0 saturated carbocycles. The maximum absolute atomic E-state index is 12.2. The molecule has 2 aromatic rings. The lowest BCUT2D eigenvalue weighted by atomic mass is 9.99. The van der Waals surface area contributed by atoms with Crippen LogP contribution in [0.5, 0.6) is 0 Å². The predicted octanol–water partition coefficient (Wildman–Crippen LogP) is 1.98. The average Bonchev–Trinajstić information content (AvgIpc) is 2.68. The van der Waals surface area contributed by atoms with Crippen molar-refractivity contribution in [1.82, 2.24) is 5.32 Å². The van der Waals surface area contributed by atoms with Crippen molar-refractivity contribution >= 4 is 5.91 Å². The Morgan fingerprint density at radius 3 is 2.65 bits per heavy atom. The number of benzene rings is 2. The van der Waals surface area contributed by atoms with Gasteiger partial charge in [0.05, 0.1) is 6.54 Å². The van der Waals surface area contributed by atoms with Gasteiger partial charge in [-0.1, -0.05) is 36.4 Å². The van der Waals surface area contributed by atoms with Gasteiger partial charge in [0.2, 0.25) is 0 Å². The van der Waals surface area contributed by atoms with Crippen LogP contribution in [0.1, 0.15) is 40.4 Å². The molecule has 1 amide bonds. The Morgan fingerprint density at radius 2 is 1.88 bits per heavy atom. The average molecular weight is 353 g/mol. The monoisotopic (exact) mass is 353 g/mol. The Balaban J connectivity index is 1.48. The second-order valence-electron chi connectivity index (χ2n) is 6.88. The molecule has 0 fully saturated rings. The smallest absolute Gasteiger partial charge is 0.251 e. The summed E-state index contributed by atoms with van der Waals surface area (Å²) in [6.07, 6.45) is 1.99. The van der Waals surface area contributed by atoms with E-state index < -0.39 is 0 Å². The SMILES string of the molecule is CCOCCCNC(=O)c1ccc(C[NH+]2CCc3ccccc3C2)cc1. The minimum atomic E-state index is -0.00713. The second kappa shape index (κ2) is 9.51. The molecule has 1 aliphatic rings. The van der Waals surface area contributed by atoms with Gasteiger partial charge in [-0.05, 0) is 31.0 Å². The summed E-state index contributed by atoms with van der Waals surface area (Å²) >= 11 is 0. The molecule has 26 heavy (non-hydrogen) atoms. The van der Waals surface area contributed by atoms with Crippen LogP contribution >= 0.6 is 0 Å². The number of quaternary nitrogens is 1. The van der Waals surface area contributed by atoms with Crippen LogP contribution in [-0.4, -0.2) is 32.2 Å². The number of amides is 1. The van der Waals surface area contributed by atoms with Gasteiger partial charge in [0.1, 0.15) is 13.1 Å². The van der Waals surface area contributed by atoms with Gasteiger partial charge in [-0.2, -0.15) is 0 Å². The zero-order valence-electron chi connectivity index (χ0n) is 15.6. The number of fused-ring (bicyclic) bond motifs is 1. The van der Waals surface area contributed by atoms with E-state index in [1.54, 1.807) is 4.90 Å². The maximum atomic E-state index is 12.2. The van der Waals surface area contributed by atoms with Gasteiger partial charge in [0.15, 0.2) is 0 Å². The molecular formula is C22H29N2O2+. The van der Waals surface area contributed by atoms with Crippen LogP contribution in [0.2, 0.25) is 0 Å². The van der Waals surface area contributed by atoms with E-state index in [-0.39, 0.29) is 5.91 Å². The lowest BCUT2D eigenvalue weighted by Crippen LogP contribution is -3.10. The van der Waals surface area contributed by atoms with E-state index in [9.17, 15) is 4.79 Å². The van der Waals surface area contributed by atoms with Crippen LogP contribution in [-0.2, 0) is 24.2 Å². The zero-order chi connectivity index (χ0) is 18.2. The van der Waals surface area contributed by atoms with Crippen molar-refractivity contribution in [3.8, 4) is 0 Å². The van der Waals surface area contributed by atoms with E-state index in [2.05, 4.69) is 41.7 Å². The third-order valence-corrected chi connectivity index (χ3v) is 4.93. The van der Waals surface area contributed by atoms with Crippen molar-refractivity contribution in [2.75, 3.05) is 26.3 Å². The molecule has 4 heteroatoms. The molecule has 0 aromatic heterocycles. The Morgan fingerprint density at radius 1 is 1.12 bits per heavy atom. The van der Waals surface area contributed by atoms with E-state index >= 15 is 0 Å². The first-order chi connectivity index (χ1) is 12.8. The van der Waals surface area contributed by atoms with Crippen molar-refractivity contribution in [3.63, 3.8) is 0 Å². The molecule has 0 bridgehead atoms. The lowest BCUT2D eigenvalue weighted by Gasteiger charge is -2.26. The molecule has 0 aliphatic carbocycles. The third kappa shape index (κ3) is 5.16. The molecule has 3 rings (SSSR count). The van der Waals surface area contributed by atoms with Crippen LogP contribution in [0.25, 0.3) is 0 Å². The number of carbonyl (C=O) groups is 1. The number of hydrogen-bond acceptors (Lipinski definition) is 2. The van der Waals surface area contributed by atoms with E-state index in [1.165, 1.54) is 23.2 Å². The van der Waals surface area contributed by atoms with Gasteiger partial charge in [0.25, 0.3) is 5.91 Å². The Kier molecular flexibility index (Phi) is 6.81. The van der Waals surface area contributed by atoms with Crippen LogP contribution in [0.15, 0.2) is 48.5 Å². The van der Waals surface area contributed by atoms with Crippen LogP contribution in [0.4, 0.5) is 0 Å². The highest BCUT2D eigenvalue weighted by Crippen LogP contribution is 2.11. The summed E-state index contributed by atoms with van der Waals surface area (Å²) < 4.78 is 5.28.